The fourth-order valence-electron chi connectivity index (χ4n) is 1.77. The minimum atomic E-state index is 0.427. The zero-order chi connectivity index (χ0) is 13.0. The van der Waals surface area contributed by atoms with Crippen LogP contribution >= 0.6 is 0 Å². The zero-order valence-corrected chi connectivity index (χ0v) is 10.8. The number of nitrogens with zero attached hydrogens (tertiary/aromatic N) is 1. The average Bonchev–Trinajstić information content (AvgIpc) is 2.39. The van der Waals surface area contributed by atoms with Gasteiger partial charge in [-0.2, -0.15) is 0 Å². The second-order valence-electron chi connectivity index (χ2n) is 4.24. The fourth-order valence-corrected chi connectivity index (χ4v) is 1.77. The molecule has 1 aromatic heterocycles. The lowest BCUT2D eigenvalue weighted by molar-refractivity contribution is 0.474. The van der Waals surface area contributed by atoms with Gasteiger partial charge in [-0.25, -0.2) is 0 Å². The molecule has 0 saturated heterocycles. The SMILES string of the molecule is CCc1cccc(Oc2cc(C)ncc2CN)c1. The summed E-state index contributed by atoms with van der Waals surface area (Å²) in [5.41, 5.74) is 8.79. The molecule has 0 saturated carbocycles. The first-order chi connectivity index (χ1) is 8.72. The molecule has 0 bridgehead atoms. The van der Waals surface area contributed by atoms with Crippen molar-refractivity contribution < 1.29 is 4.74 Å². The summed E-state index contributed by atoms with van der Waals surface area (Å²) in [4.78, 5) is 4.23. The van der Waals surface area contributed by atoms with E-state index in [0.29, 0.717) is 6.54 Å². The predicted octanol–water partition coefficient (Wildman–Crippen LogP) is 3.20. The highest BCUT2D eigenvalue weighted by molar-refractivity contribution is 5.38. The van der Waals surface area contributed by atoms with E-state index in [0.717, 1.165) is 29.2 Å². The van der Waals surface area contributed by atoms with Crippen molar-refractivity contribution >= 4 is 0 Å². The lowest BCUT2D eigenvalue weighted by Crippen LogP contribution is -2.01. The maximum absolute atomic E-state index is 5.90. The standard InChI is InChI=1S/C15H18N2O/c1-3-12-5-4-6-14(8-12)18-15-7-11(2)17-10-13(15)9-16/h4-8,10H,3,9,16H2,1-2H3. The van der Waals surface area contributed by atoms with Gasteiger partial charge in [-0.15, -0.1) is 0 Å². The van der Waals surface area contributed by atoms with Gasteiger partial charge in [0.05, 0.1) is 0 Å². The topological polar surface area (TPSA) is 48.1 Å². The number of aryl methyl sites for hydroxylation is 2. The summed E-state index contributed by atoms with van der Waals surface area (Å²) in [5.74, 6) is 1.63. The molecule has 3 nitrogen and oxygen atoms in total. The van der Waals surface area contributed by atoms with E-state index in [1.807, 2.05) is 25.1 Å². The lowest BCUT2D eigenvalue weighted by atomic mass is 10.1. The van der Waals surface area contributed by atoms with Crippen molar-refractivity contribution in [1.29, 1.82) is 0 Å². The molecule has 2 rings (SSSR count). The van der Waals surface area contributed by atoms with Crippen molar-refractivity contribution in [2.45, 2.75) is 26.8 Å². The molecule has 0 fully saturated rings. The second kappa shape index (κ2) is 5.65. The summed E-state index contributed by atoms with van der Waals surface area (Å²) in [6.07, 6.45) is 2.77. The molecule has 0 unspecified atom stereocenters. The normalized spacial score (nSPS) is 10.4. The van der Waals surface area contributed by atoms with Crippen LogP contribution in [0.25, 0.3) is 0 Å². The van der Waals surface area contributed by atoms with E-state index in [1.54, 1.807) is 6.20 Å². The highest BCUT2D eigenvalue weighted by Gasteiger charge is 2.05. The van der Waals surface area contributed by atoms with E-state index in [-0.39, 0.29) is 0 Å². The highest BCUT2D eigenvalue weighted by Crippen LogP contribution is 2.26. The summed E-state index contributed by atoms with van der Waals surface area (Å²) < 4.78 is 5.90. The van der Waals surface area contributed by atoms with Gasteiger partial charge in [-0.3, -0.25) is 4.98 Å². The van der Waals surface area contributed by atoms with Crippen LogP contribution in [0.1, 0.15) is 23.7 Å². The number of hydrogen-bond acceptors (Lipinski definition) is 3. The van der Waals surface area contributed by atoms with Gasteiger partial charge in [0, 0.05) is 30.1 Å². The minimum absolute atomic E-state index is 0.427. The Morgan fingerprint density at radius 2 is 2.11 bits per heavy atom. The van der Waals surface area contributed by atoms with E-state index in [9.17, 15) is 0 Å². The summed E-state index contributed by atoms with van der Waals surface area (Å²) in [6, 6.07) is 10.0. The fraction of sp³-hybridized carbons (Fsp3) is 0.267. The number of nitrogens with two attached hydrogens (primary N) is 1. The largest absolute Gasteiger partial charge is 0.457 e. The Balaban J connectivity index is 2.29. The van der Waals surface area contributed by atoms with Crippen LogP contribution in [0.2, 0.25) is 0 Å². The molecule has 94 valence electrons. The van der Waals surface area contributed by atoms with Gasteiger partial charge >= 0.3 is 0 Å². The Bertz CT molecular complexity index is 538. The number of benzene rings is 1. The van der Waals surface area contributed by atoms with Crippen LogP contribution < -0.4 is 10.5 Å². The molecule has 18 heavy (non-hydrogen) atoms. The van der Waals surface area contributed by atoms with E-state index in [1.165, 1.54) is 5.56 Å². The van der Waals surface area contributed by atoms with E-state index < -0.39 is 0 Å². The van der Waals surface area contributed by atoms with Crippen LogP contribution in [-0.4, -0.2) is 4.98 Å². The number of ether oxygens (including phenoxy) is 1. The van der Waals surface area contributed by atoms with E-state index in [4.69, 9.17) is 10.5 Å². The third kappa shape index (κ3) is 2.87. The summed E-state index contributed by atoms with van der Waals surface area (Å²) in [6.45, 7) is 4.49. The van der Waals surface area contributed by atoms with E-state index >= 15 is 0 Å². The Hall–Kier alpha value is -1.87. The van der Waals surface area contributed by atoms with Crippen molar-refractivity contribution in [1.82, 2.24) is 4.98 Å². The summed E-state index contributed by atoms with van der Waals surface area (Å²) >= 11 is 0. The number of rotatable bonds is 4. The maximum Gasteiger partial charge on any atom is 0.135 e. The molecule has 2 N–H and O–H groups in total. The second-order valence-corrected chi connectivity index (χ2v) is 4.24. The van der Waals surface area contributed by atoms with Gasteiger partial charge in [0.15, 0.2) is 0 Å². The first-order valence-electron chi connectivity index (χ1n) is 6.15. The van der Waals surface area contributed by atoms with Crippen LogP contribution in [0, 0.1) is 6.92 Å². The maximum atomic E-state index is 5.90. The predicted molar refractivity (Wildman–Crippen MR) is 72.8 cm³/mol. The van der Waals surface area contributed by atoms with E-state index in [2.05, 4.69) is 24.0 Å². The van der Waals surface area contributed by atoms with Gasteiger partial charge in [0.2, 0.25) is 0 Å². The average molecular weight is 242 g/mol. The third-order valence-corrected chi connectivity index (χ3v) is 2.83. The molecular formula is C15H18N2O. The Morgan fingerprint density at radius 1 is 1.28 bits per heavy atom. The van der Waals surface area contributed by atoms with Crippen molar-refractivity contribution in [3.8, 4) is 11.5 Å². The molecule has 2 aromatic rings. The molecule has 0 aliphatic rings. The molecule has 1 aromatic carbocycles. The Morgan fingerprint density at radius 3 is 2.83 bits per heavy atom. The zero-order valence-electron chi connectivity index (χ0n) is 10.8. The quantitative estimate of drug-likeness (QED) is 0.895. The molecule has 3 heteroatoms. The van der Waals surface area contributed by atoms with Crippen LogP contribution in [0.3, 0.4) is 0 Å². The van der Waals surface area contributed by atoms with Crippen LogP contribution in [0.15, 0.2) is 36.5 Å². The van der Waals surface area contributed by atoms with Crippen molar-refractivity contribution in [3.63, 3.8) is 0 Å². The number of hydrogen-bond donors (Lipinski definition) is 1. The number of pyridine rings is 1. The Labute approximate surface area is 108 Å². The minimum Gasteiger partial charge on any atom is -0.457 e. The smallest absolute Gasteiger partial charge is 0.135 e. The van der Waals surface area contributed by atoms with Gasteiger partial charge in [0.25, 0.3) is 0 Å². The van der Waals surface area contributed by atoms with Crippen LogP contribution in [0.5, 0.6) is 11.5 Å². The summed E-state index contributed by atoms with van der Waals surface area (Å²) in [7, 11) is 0. The first-order valence-corrected chi connectivity index (χ1v) is 6.15. The third-order valence-electron chi connectivity index (χ3n) is 2.83. The van der Waals surface area contributed by atoms with Gasteiger partial charge in [0.1, 0.15) is 11.5 Å². The monoisotopic (exact) mass is 242 g/mol. The molecule has 0 radical (unpaired) electrons. The van der Waals surface area contributed by atoms with Gasteiger partial charge in [-0.1, -0.05) is 19.1 Å². The molecule has 0 amide bonds. The Kier molecular flexibility index (Phi) is 3.95. The van der Waals surface area contributed by atoms with Crippen LogP contribution in [0.4, 0.5) is 0 Å². The van der Waals surface area contributed by atoms with Gasteiger partial charge < -0.3 is 10.5 Å². The van der Waals surface area contributed by atoms with Crippen LogP contribution in [-0.2, 0) is 13.0 Å². The molecule has 0 spiro atoms. The van der Waals surface area contributed by atoms with Gasteiger partial charge in [-0.05, 0) is 31.0 Å². The van der Waals surface area contributed by atoms with Crippen molar-refractivity contribution in [2.75, 3.05) is 0 Å². The molecular weight excluding hydrogens is 224 g/mol. The lowest BCUT2D eigenvalue weighted by Gasteiger charge is -2.11. The molecule has 0 aliphatic carbocycles. The summed E-state index contributed by atoms with van der Waals surface area (Å²) in [5, 5.41) is 0. The molecule has 0 atom stereocenters. The highest BCUT2D eigenvalue weighted by atomic mass is 16.5. The molecule has 1 heterocycles. The molecule has 0 aliphatic heterocycles. The first kappa shape index (κ1) is 12.6. The number of aromatic nitrogens is 1. The van der Waals surface area contributed by atoms with Crippen molar-refractivity contribution in [3.05, 3.63) is 53.3 Å². The van der Waals surface area contributed by atoms with Crippen molar-refractivity contribution in [2.24, 2.45) is 5.73 Å².